The lowest BCUT2D eigenvalue weighted by atomic mass is 10.4. The molecule has 0 fully saturated rings. The van der Waals surface area contributed by atoms with Gasteiger partial charge in [0.25, 0.3) is 10.0 Å². The molecule has 0 unspecified atom stereocenters. The Labute approximate surface area is 76.0 Å². The smallest absolute Gasteiger partial charge is 0.257 e. The molecule has 0 saturated heterocycles. The van der Waals surface area contributed by atoms with Crippen LogP contribution in [0.3, 0.4) is 0 Å². The van der Waals surface area contributed by atoms with Gasteiger partial charge in [0.2, 0.25) is 0 Å². The number of nitrogens with one attached hydrogen (secondary N) is 2. The normalized spacial score (nSPS) is 11.8. The summed E-state index contributed by atoms with van der Waals surface area (Å²) < 4.78 is 25.0. The second kappa shape index (κ2) is 3.86. The van der Waals surface area contributed by atoms with Crippen molar-refractivity contribution in [2.45, 2.75) is 18.6 Å². The monoisotopic (exact) mass is 205 g/mol. The second-order valence-corrected chi connectivity index (χ2v) is 4.09. The molecule has 1 rings (SSSR count). The third kappa shape index (κ3) is 2.06. The Bertz CT molecular complexity index is 370. The molecule has 0 spiro atoms. The average molecular weight is 205 g/mol. The molecule has 0 aromatic carbocycles. The van der Waals surface area contributed by atoms with Crippen LogP contribution in [0.1, 0.15) is 12.5 Å². The quantitative estimate of drug-likeness (QED) is 0.599. The van der Waals surface area contributed by atoms with Gasteiger partial charge in [-0.05, 0) is 0 Å². The highest BCUT2D eigenvalue weighted by Gasteiger charge is 2.18. The van der Waals surface area contributed by atoms with Crippen LogP contribution in [-0.2, 0) is 16.6 Å². The van der Waals surface area contributed by atoms with Crippen molar-refractivity contribution in [1.82, 2.24) is 14.9 Å². The van der Waals surface area contributed by atoms with Crippen molar-refractivity contribution in [3.05, 3.63) is 11.8 Å². The molecule has 1 heterocycles. The minimum atomic E-state index is -3.54. The molecule has 3 N–H and O–H groups in total. The van der Waals surface area contributed by atoms with Crippen molar-refractivity contribution in [3.8, 4) is 0 Å². The van der Waals surface area contributed by atoms with Gasteiger partial charge in [0, 0.05) is 12.1 Å². The van der Waals surface area contributed by atoms with E-state index in [-0.39, 0.29) is 17.2 Å². The van der Waals surface area contributed by atoms with Gasteiger partial charge < -0.3 is 5.11 Å². The number of aliphatic hydroxyl groups excluding tert-OH is 1. The van der Waals surface area contributed by atoms with Crippen LogP contribution in [0.15, 0.2) is 11.2 Å². The number of hydrogen-bond acceptors (Lipinski definition) is 4. The van der Waals surface area contributed by atoms with E-state index >= 15 is 0 Å². The summed E-state index contributed by atoms with van der Waals surface area (Å²) in [6, 6.07) is 0. The summed E-state index contributed by atoms with van der Waals surface area (Å²) in [6.45, 7) is 1.62. The standard InChI is InChI=1S/C6H11N3O3S/c1-2-8-13(11,12)6-5(4-10)3-7-9-6/h3,8,10H,2,4H2,1H3,(H,7,9). The van der Waals surface area contributed by atoms with E-state index in [1.807, 2.05) is 0 Å². The molecule has 6 nitrogen and oxygen atoms in total. The zero-order chi connectivity index (χ0) is 9.90. The van der Waals surface area contributed by atoms with Gasteiger partial charge in [-0.3, -0.25) is 5.10 Å². The molecule has 0 atom stereocenters. The van der Waals surface area contributed by atoms with E-state index in [0.29, 0.717) is 6.54 Å². The summed E-state index contributed by atoms with van der Waals surface area (Å²) in [6.07, 6.45) is 1.28. The first kappa shape index (κ1) is 10.2. The number of H-pyrrole nitrogens is 1. The van der Waals surface area contributed by atoms with Crippen molar-refractivity contribution >= 4 is 10.0 Å². The summed E-state index contributed by atoms with van der Waals surface area (Å²) in [5, 5.41) is 14.6. The van der Waals surface area contributed by atoms with Gasteiger partial charge >= 0.3 is 0 Å². The van der Waals surface area contributed by atoms with Crippen molar-refractivity contribution in [3.63, 3.8) is 0 Å². The van der Waals surface area contributed by atoms with E-state index in [1.165, 1.54) is 6.20 Å². The first-order chi connectivity index (χ1) is 6.11. The predicted octanol–water partition coefficient (Wildman–Crippen LogP) is -0.800. The second-order valence-electron chi connectivity index (χ2n) is 2.38. The molecule has 1 aromatic rings. The van der Waals surface area contributed by atoms with Crippen molar-refractivity contribution in [1.29, 1.82) is 0 Å². The molecule has 13 heavy (non-hydrogen) atoms. The maximum atomic E-state index is 11.4. The fourth-order valence-corrected chi connectivity index (χ4v) is 2.07. The maximum absolute atomic E-state index is 11.4. The van der Waals surface area contributed by atoms with Gasteiger partial charge in [-0.25, -0.2) is 13.1 Å². The minimum Gasteiger partial charge on any atom is -0.392 e. The van der Waals surface area contributed by atoms with Crippen LogP contribution < -0.4 is 4.72 Å². The van der Waals surface area contributed by atoms with Crippen molar-refractivity contribution < 1.29 is 13.5 Å². The molecule has 0 aliphatic heterocycles. The molecule has 74 valence electrons. The molecule has 0 bridgehead atoms. The largest absolute Gasteiger partial charge is 0.392 e. The van der Waals surface area contributed by atoms with E-state index in [2.05, 4.69) is 14.9 Å². The highest BCUT2D eigenvalue weighted by Crippen LogP contribution is 2.10. The number of nitrogens with zero attached hydrogens (tertiary/aromatic N) is 1. The fourth-order valence-electron chi connectivity index (χ4n) is 0.907. The summed E-state index contributed by atoms with van der Waals surface area (Å²) in [5.41, 5.74) is 0.265. The third-order valence-corrected chi connectivity index (χ3v) is 3.01. The summed E-state index contributed by atoms with van der Waals surface area (Å²) in [7, 11) is -3.54. The highest BCUT2D eigenvalue weighted by molar-refractivity contribution is 7.89. The molecule has 1 aromatic heterocycles. The Morgan fingerprint density at radius 2 is 2.38 bits per heavy atom. The molecule has 0 radical (unpaired) electrons. The average Bonchev–Trinajstić information content (AvgIpc) is 2.51. The number of rotatable bonds is 4. The van der Waals surface area contributed by atoms with Crippen LogP contribution in [-0.4, -0.2) is 30.3 Å². The van der Waals surface area contributed by atoms with Gasteiger partial charge in [0.05, 0.1) is 12.8 Å². The number of aromatic amines is 1. The van der Waals surface area contributed by atoms with Gasteiger partial charge in [-0.2, -0.15) is 5.10 Å². The van der Waals surface area contributed by atoms with Crippen LogP contribution in [0.4, 0.5) is 0 Å². The van der Waals surface area contributed by atoms with Gasteiger partial charge in [-0.15, -0.1) is 0 Å². The number of aromatic nitrogens is 2. The summed E-state index contributed by atoms with van der Waals surface area (Å²) in [4.78, 5) is 0. The Kier molecular flexibility index (Phi) is 3.02. The lowest BCUT2D eigenvalue weighted by molar-refractivity contribution is 0.278. The molecular formula is C6H11N3O3S. The van der Waals surface area contributed by atoms with E-state index in [1.54, 1.807) is 6.92 Å². The third-order valence-electron chi connectivity index (χ3n) is 1.45. The highest BCUT2D eigenvalue weighted by atomic mass is 32.2. The first-order valence-corrected chi connectivity index (χ1v) is 5.23. The van der Waals surface area contributed by atoms with Crippen LogP contribution in [0, 0.1) is 0 Å². The Balaban J connectivity index is 3.07. The fraction of sp³-hybridized carbons (Fsp3) is 0.500. The van der Waals surface area contributed by atoms with Crippen LogP contribution in [0.5, 0.6) is 0 Å². The maximum Gasteiger partial charge on any atom is 0.257 e. The van der Waals surface area contributed by atoms with Crippen molar-refractivity contribution in [2.24, 2.45) is 0 Å². The van der Waals surface area contributed by atoms with E-state index in [4.69, 9.17) is 5.11 Å². The molecule has 0 aliphatic rings. The number of sulfonamides is 1. The van der Waals surface area contributed by atoms with E-state index in [0.717, 1.165) is 0 Å². The molecule has 7 heteroatoms. The van der Waals surface area contributed by atoms with Crippen LogP contribution in [0.25, 0.3) is 0 Å². The number of hydrogen-bond donors (Lipinski definition) is 3. The summed E-state index contributed by atoms with van der Waals surface area (Å²) in [5.74, 6) is 0. The van der Waals surface area contributed by atoms with Gasteiger partial charge in [0.1, 0.15) is 0 Å². The zero-order valence-electron chi connectivity index (χ0n) is 7.11. The zero-order valence-corrected chi connectivity index (χ0v) is 7.93. The number of aliphatic hydroxyl groups is 1. The Morgan fingerprint density at radius 1 is 1.69 bits per heavy atom. The summed E-state index contributed by atoms with van der Waals surface area (Å²) >= 11 is 0. The topological polar surface area (TPSA) is 95.1 Å². The lowest BCUT2D eigenvalue weighted by Gasteiger charge is -2.02. The molecule has 0 amide bonds. The SMILES string of the molecule is CCNS(=O)(=O)c1[nH]ncc1CO. The molecule has 0 saturated carbocycles. The predicted molar refractivity (Wildman–Crippen MR) is 45.4 cm³/mol. The Morgan fingerprint density at radius 3 is 2.92 bits per heavy atom. The van der Waals surface area contributed by atoms with Gasteiger partial charge in [-0.1, -0.05) is 6.92 Å². The minimum absolute atomic E-state index is 0.0724. The van der Waals surface area contributed by atoms with E-state index < -0.39 is 10.0 Å². The van der Waals surface area contributed by atoms with E-state index in [9.17, 15) is 8.42 Å². The molecular weight excluding hydrogens is 194 g/mol. The van der Waals surface area contributed by atoms with Crippen LogP contribution >= 0.6 is 0 Å². The van der Waals surface area contributed by atoms with Gasteiger partial charge in [0.15, 0.2) is 5.03 Å². The molecule has 0 aliphatic carbocycles. The van der Waals surface area contributed by atoms with Crippen LogP contribution in [0.2, 0.25) is 0 Å². The first-order valence-electron chi connectivity index (χ1n) is 3.74. The van der Waals surface area contributed by atoms with Crippen molar-refractivity contribution in [2.75, 3.05) is 6.54 Å². The lowest BCUT2D eigenvalue weighted by Crippen LogP contribution is -2.24. The Hall–Kier alpha value is -0.920.